The van der Waals surface area contributed by atoms with Gasteiger partial charge in [0.15, 0.2) is 0 Å². The lowest BCUT2D eigenvalue weighted by atomic mass is 10.2. The number of imidazole rings is 1. The molecule has 2 aromatic rings. The molecule has 0 unspecified atom stereocenters. The summed E-state index contributed by atoms with van der Waals surface area (Å²) in [4.78, 5) is 4.32. The minimum Gasteiger partial charge on any atom is -0.399 e. The molecule has 0 radical (unpaired) electrons. The summed E-state index contributed by atoms with van der Waals surface area (Å²) >= 11 is 0. The van der Waals surface area contributed by atoms with Gasteiger partial charge in [-0.1, -0.05) is 13.3 Å². The molecule has 0 fully saturated rings. The Morgan fingerprint density at radius 1 is 1.31 bits per heavy atom. The van der Waals surface area contributed by atoms with Crippen molar-refractivity contribution in [3.8, 4) is 0 Å². The van der Waals surface area contributed by atoms with Gasteiger partial charge in [-0.15, -0.1) is 24.8 Å². The maximum absolute atomic E-state index is 5.68. The standard InChI is InChI=1S/C11H15N3.2ClH/c1-2-3-6-14-8-13-10-7-9(12)4-5-11(10)14;;/h4-5,7-8H,2-3,6,12H2,1H3;2*1H. The first-order valence-electron chi connectivity index (χ1n) is 5.01. The Hall–Kier alpha value is -0.930. The molecule has 1 aromatic heterocycles. The smallest absolute Gasteiger partial charge is 0.0958 e. The van der Waals surface area contributed by atoms with Gasteiger partial charge in [0.2, 0.25) is 0 Å². The molecule has 16 heavy (non-hydrogen) atoms. The number of nitrogen functional groups attached to an aromatic ring is 1. The number of hydrogen-bond acceptors (Lipinski definition) is 2. The SMILES string of the molecule is CCCCn1cnc2cc(N)ccc21.Cl.Cl. The monoisotopic (exact) mass is 261 g/mol. The number of fused-ring (bicyclic) bond motifs is 1. The maximum Gasteiger partial charge on any atom is 0.0958 e. The molecule has 5 heteroatoms. The molecule has 0 aliphatic carbocycles. The fourth-order valence-corrected chi connectivity index (χ4v) is 1.59. The molecule has 3 nitrogen and oxygen atoms in total. The van der Waals surface area contributed by atoms with Gasteiger partial charge < -0.3 is 10.3 Å². The van der Waals surface area contributed by atoms with E-state index in [2.05, 4.69) is 16.5 Å². The highest BCUT2D eigenvalue weighted by Crippen LogP contribution is 2.16. The van der Waals surface area contributed by atoms with E-state index < -0.39 is 0 Å². The van der Waals surface area contributed by atoms with Crippen molar-refractivity contribution in [2.75, 3.05) is 5.73 Å². The Morgan fingerprint density at radius 3 is 2.75 bits per heavy atom. The largest absolute Gasteiger partial charge is 0.399 e. The van der Waals surface area contributed by atoms with E-state index in [0.29, 0.717) is 0 Å². The lowest BCUT2D eigenvalue weighted by Gasteiger charge is -2.02. The molecule has 0 amide bonds. The lowest BCUT2D eigenvalue weighted by Crippen LogP contribution is -1.95. The van der Waals surface area contributed by atoms with E-state index in [4.69, 9.17) is 5.73 Å². The average Bonchev–Trinajstić information content (AvgIpc) is 2.57. The number of nitrogens with two attached hydrogens (primary N) is 1. The van der Waals surface area contributed by atoms with Crippen molar-refractivity contribution in [2.45, 2.75) is 26.3 Å². The number of rotatable bonds is 3. The zero-order chi connectivity index (χ0) is 9.97. The zero-order valence-electron chi connectivity index (χ0n) is 9.22. The van der Waals surface area contributed by atoms with Crippen LogP contribution < -0.4 is 5.73 Å². The van der Waals surface area contributed by atoms with Crippen LogP contribution in [0, 0.1) is 0 Å². The van der Waals surface area contributed by atoms with Gasteiger partial charge >= 0.3 is 0 Å². The molecule has 90 valence electrons. The molecule has 2 rings (SSSR count). The summed E-state index contributed by atoms with van der Waals surface area (Å²) in [5, 5.41) is 0. The van der Waals surface area contributed by atoms with Crippen LogP contribution >= 0.6 is 24.8 Å². The first-order chi connectivity index (χ1) is 6.81. The van der Waals surface area contributed by atoms with Crippen LogP contribution in [-0.2, 0) is 6.54 Å². The van der Waals surface area contributed by atoms with E-state index in [1.165, 1.54) is 18.4 Å². The number of aryl methyl sites for hydroxylation is 1. The summed E-state index contributed by atoms with van der Waals surface area (Å²) in [5.74, 6) is 0. The van der Waals surface area contributed by atoms with Crippen molar-refractivity contribution < 1.29 is 0 Å². The van der Waals surface area contributed by atoms with Crippen molar-refractivity contribution in [3.05, 3.63) is 24.5 Å². The number of nitrogens with zero attached hydrogens (tertiary/aromatic N) is 2. The van der Waals surface area contributed by atoms with Crippen molar-refractivity contribution in [3.63, 3.8) is 0 Å². The molecule has 0 saturated carbocycles. The molecule has 0 aliphatic heterocycles. The van der Waals surface area contributed by atoms with E-state index in [0.717, 1.165) is 17.7 Å². The Morgan fingerprint density at radius 2 is 2.06 bits per heavy atom. The first kappa shape index (κ1) is 15.1. The molecule has 2 N–H and O–H groups in total. The molecular formula is C11H17Cl2N3. The van der Waals surface area contributed by atoms with E-state index in [-0.39, 0.29) is 24.8 Å². The van der Waals surface area contributed by atoms with Crippen molar-refractivity contribution in [1.29, 1.82) is 0 Å². The number of halogens is 2. The van der Waals surface area contributed by atoms with Crippen LogP contribution in [0.25, 0.3) is 11.0 Å². The van der Waals surface area contributed by atoms with Crippen LogP contribution in [0.1, 0.15) is 19.8 Å². The number of unbranched alkanes of at least 4 members (excludes halogenated alkanes) is 1. The third kappa shape index (κ3) is 3.03. The summed E-state index contributed by atoms with van der Waals surface area (Å²) in [7, 11) is 0. The second-order valence-corrected chi connectivity index (χ2v) is 3.54. The third-order valence-corrected chi connectivity index (χ3v) is 2.40. The Balaban J connectivity index is 0.00000112. The number of anilines is 1. The Bertz CT molecular complexity index is 440. The number of aromatic nitrogens is 2. The van der Waals surface area contributed by atoms with Gasteiger partial charge in [-0.2, -0.15) is 0 Å². The number of benzene rings is 1. The molecule has 0 bridgehead atoms. The van der Waals surface area contributed by atoms with Crippen LogP contribution in [0.15, 0.2) is 24.5 Å². The van der Waals surface area contributed by atoms with Gasteiger partial charge in [-0.05, 0) is 24.6 Å². The van der Waals surface area contributed by atoms with Crippen LogP contribution in [0.4, 0.5) is 5.69 Å². The predicted octanol–water partition coefficient (Wildman–Crippen LogP) is 3.26. The summed E-state index contributed by atoms with van der Waals surface area (Å²) in [6.07, 6.45) is 4.28. The average molecular weight is 262 g/mol. The minimum absolute atomic E-state index is 0. The van der Waals surface area contributed by atoms with Gasteiger partial charge in [0.05, 0.1) is 17.4 Å². The zero-order valence-corrected chi connectivity index (χ0v) is 10.9. The lowest BCUT2D eigenvalue weighted by molar-refractivity contribution is 0.646. The van der Waals surface area contributed by atoms with E-state index in [9.17, 15) is 0 Å². The van der Waals surface area contributed by atoms with E-state index in [1.807, 2.05) is 24.5 Å². The molecule has 0 atom stereocenters. The van der Waals surface area contributed by atoms with Gasteiger partial charge in [0, 0.05) is 12.2 Å². The Labute approximate surface area is 108 Å². The summed E-state index contributed by atoms with van der Waals surface area (Å²) < 4.78 is 2.18. The molecule has 0 saturated heterocycles. The molecule has 0 spiro atoms. The highest BCUT2D eigenvalue weighted by atomic mass is 35.5. The molecule has 1 aromatic carbocycles. The molecular weight excluding hydrogens is 245 g/mol. The quantitative estimate of drug-likeness (QED) is 0.863. The topological polar surface area (TPSA) is 43.8 Å². The minimum atomic E-state index is 0. The second kappa shape index (κ2) is 6.61. The highest BCUT2D eigenvalue weighted by molar-refractivity contribution is 5.85. The number of hydrogen-bond donors (Lipinski definition) is 1. The normalized spacial score (nSPS) is 9.56. The van der Waals surface area contributed by atoms with Crippen molar-refractivity contribution in [2.24, 2.45) is 0 Å². The van der Waals surface area contributed by atoms with Gasteiger partial charge in [0.1, 0.15) is 0 Å². The second-order valence-electron chi connectivity index (χ2n) is 3.54. The summed E-state index contributed by atoms with van der Waals surface area (Å²) in [6.45, 7) is 3.23. The first-order valence-corrected chi connectivity index (χ1v) is 5.01. The highest BCUT2D eigenvalue weighted by Gasteiger charge is 2.01. The molecule has 0 aliphatic rings. The third-order valence-electron chi connectivity index (χ3n) is 2.40. The van der Waals surface area contributed by atoms with E-state index >= 15 is 0 Å². The van der Waals surface area contributed by atoms with Crippen molar-refractivity contribution >= 4 is 41.5 Å². The van der Waals surface area contributed by atoms with Crippen LogP contribution in [0.2, 0.25) is 0 Å². The van der Waals surface area contributed by atoms with Crippen LogP contribution in [0.3, 0.4) is 0 Å². The summed E-state index contributed by atoms with van der Waals surface area (Å²) in [5.41, 5.74) is 8.62. The van der Waals surface area contributed by atoms with Crippen LogP contribution in [-0.4, -0.2) is 9.55 Å². The Kier molecular flexibility index (Phi) is 6.22. The predicted molar refractivity (Wildman–Crippen MR) is 73.5 cm³/mol. The van der Waals surface area contributed by atoms with Crippen molar-refractivity contribution in [1.82, 2.24) is 9.55 Å². The fraction of sp³-hybridized carbons (Fsp3) is 0.364. The van der Waals surface area contributed by atoms with E-state index in [1.54, 1.807) is 0 Å². The van der Waals surface area contributed by atoms with Gasteiger partial charge in [-0.3, -0.25) is 0 Å². The van der Waals surface area contributed by atoms with Gasteiger partial charge in [0.25, 0.3) is 0 Å². The fourth-order valence-electron chi connectivity index (χ4n) is 1.59. The maximum atomic E-state index is 5.68. The molecule has 1 heterocycles. The van der Waals surface area contributed by atoms with Gasteiger partial charge in [-0.25, -0.2) is 4.98 Å². The summed E-state index contributed by atoms with van der Waals surface area (Å²) in [6, 6.07) is 5.87. The van der Waals surface area contributed by atoms with Crippen LogP contribution in [0.5, 0.6) is 0 Å².